The molecule has 2 heterocycles. The van der Waals surface area contributed by atoms with E-state index in [1.165, 1.54) is 52.6 Å². The van der Waals surface area contributed by atoms with Crippen molar-refractivity contribution < 1.29 is 0 Å². The molecule has 1 atom stereocenters. The smallest absolute Gasteiger partial charge is 0.0660 e. The summed E-state index contributed by atoms with van der Waals surface area (Å²) in [5, 5.41) is 3.55. The summed E-state index contributed by atoms with van der Waals surface area (Å²) in [6.07, 6.45) is 6.53. The average molecular weight is 313 g/mol. The third-order valence-corrected chi connectivity index (χ3v) is 6.72. The van der Waals surface area contributed by atoms with Gasteiger partial charge in [-0.2, -0.15) is 0 Å². The maximum absolute atomic E-state index is 6.60. The van der Waals surface area contributed by atoms with Crippen LogP contribution >= 0.6 is 22.7 Å². The number of benzene rings is 1. The molecule has 3 heteroatoms. The molecule has 2 N–H and O–H groups in total. The molecule has 0 saturated carbocycles. The minimum Gasteiger partial charge on any atom is -0.320 e. The first-order valence-electron chi connectivity index (χ1n) is 7.66. The van der Waals surface area contributed by atoms with E-state index >= 15 is 0 Å². The predicted octanol–water partition coefficient (Wildman–Crippen LogP) is 5.28. The molecule has 1 unspecified atom stereocenters. The Bertz CT molecular complexity index is 745. The van der Waals surface area contributed by atoms with Crippen molar-refractivity contribution in [2.45, 2.75) is 38.1 Å². The second-order valence-corrected chi connectivity index (χ2v) is 7.90. The van der Waals surface area contributed by atoms with E-state index in [0.29, 0.717) is 0 Å². The number of hydrogen-bond donors (Lipinski definition) is 1. The maximum atomic E-state index is 6.60. The molecular formula is C18H19NS2. The van der Waals surface area contributed by atoms with E-state index in [2.05, 4.69) is 35.7 Å². The Morgan fingerprint density at radius 2 is 1.90 bits per heavy atom. The van der Waals surface area contributed by atoms with Gasteiger partial charge in [-0.25, -0.2) is 0 Å². The highest BCUT2D eigenvalue weighted by molar-refractivity contribution is 7.17. The van der Waals surface area contributed by atoms with Gasteiger partial charge in [-0.1, -0.05) is 24.6 Å². The molecule has 21 heavy (non-hydrogen) atoms. The second kappa shape index (κ2) is 5.56. The van der Waals surface area contributed by atoms with Crippen molar-refractivity contribution in [2.24, 2.45) is 5.73 Å². The monoisotopic (exact) mass is 313 g/mol. The highest BCUT2D eigenvalue weighted by atomic mass is 32.1. The largest absolute Gasteiger partial charge is 0.320 e. The Morgan fingerprint density at radius 3 is 2.86 bits per heavy atom. The first kappa shape index (κ1) is 13.5. The molecule has 3 aromatic rings. The number of nitrogens with two attached hydrogens (primary N) is 1. The van der Waals surface area contributed by atoms with Gasteiger partial charge in [0.1, 0.15) is 0 Å². The fraction of sp³-hybridized carbons (Fsp3) is 0.333. The van der Waals surface area contributed by atoms with Gasteiger partial charge in [-0.3, -0.25) is 0 Å². The van der Waals surface area contributed by atoms with Gasteiger partial charge in [0, 0.05) is 14.5 Å². The van der Waals surface area contributed by atoms with Crippen LogP contribution in [0.2, 0.25) is 0 Å². The molecule has 0 aliphatic heterocycles. The molecule has 0 radical (unpaired) electrons. The fourth-order valence-corrected chi connectivity index (χ4v) is 5.51. The Kier molecular flexibility index (Phi) is 3.57. The van der Waals surface area contributed by atoms with Crippen LogP contribution in [0.3, 0.4) is 0 Å². The molecule has 4 rings (SSSR count). The van der Waals surface area contributed by atoms with Crippen molar-refractivity contribution in [3.8, 4) is 0 Å². The lowest BCUT2D eigenvalue weighted by molar-refractivity contribution is 0.712. The van der Waals surface area contributed by atoms with E-state index in [1.807, 2.05) is 11.3 Å². The first-order chi connectivity index (χ1) is 10.3. The Hall–Kier alpha value is -1.16. The van der Waals surface area contributed by atoms with Gasteiger partial charge in [-0.05, 0) is 59.7 Å². The molecule has 0 fully saturated rings. The molecule has 1 aliphatic rings. The molecule has 0 bridgehead atoms. The zero-order valence-corrected chi connectivity index (χ0v) is 13.6. The van der Waals surface area contributed by atoms with Crippen LogP contribution in [0.4, 0.5) is 0 Å². The summed E-state index contributed by atoms with van der Waals surface area (Å²) in [6, 6.07) is 11.0. The molecule has 0 spiro atoms. The van der Waals surface area contributed by atoms with Crippen LogP contribution < -0.4 is 5.73 Å². The van der Waals surface area contributed by atoms with Gasteiger partial charge < -0.3 is 5.73 Å². The van der Waals surface area contributed by atoms with Crippen LogP contribution in [0, 0.1) is 0 Å². The lowest BCUT2D eigenvalue weighted by Crippen LogP contribution is -2.09. The van der Waals surface area contributed by atoms with Crippen molar-refractivity contribution in [1.29, 1.82) is 0 Å². The molecule has 1 aromatic carbocycles. The summed E-state index contributed by atoms with van der Waals surface area (Å²) in [7, 11) is 0. The van der Waals surface area contributed by atoms with Crippen molar-refractivity contribution in [3.05, 3.63) is 56.6 Å². The van der Waals surface area contributed by atoms with Crippen LogP contribution in [-0.2, 0) is 12.8 Å². The fourth-order valence-electron chi connectivity index (χ4n) is 3.24. The molecular weight excluding hydrogens is 294 g/mol. The molecule has 1 nitrogen and oxygen atoms in total. The topological polar surface area (TPSA) is 26.0 Å². The molecule has 1 aliphatic carbocycles. The van der Waals surface area contributed by atoms with Gasteiger partial charge in [0.25, 0.3) is 0 Å². The van der Waals surface area contributed by atoms with Crippen molar-refractivity contribution in [3.63, 3.8) is 0 Å². The summed E-state index contributed by atoms with van der Waals surface area (Å²) >= 11 is 3.74. The van der Waals surface area contributed by atoms with E-state index in [1.54, 1.807) is 21.8 Å². The number of thiophene rings is 2. The van der Waals surface area contributed by atoms with Gasteiger partial charge in [0.15, 0.2) is 0 Å². The minimum absolute atomic E-state index is 0.0260. The Balaban J connectivity index is 1.73. The first-order valence-corrected chi connectivity index (χ1v) is 9.36. The Morgan fingerprint density at radius 1 is 1.05 bits per heavy atom. The number of rotatable bonds is 2. The highest BCUT2D eigenvalue weighted by Gasteiger charge is 2.19. The van der Waals surface area contributed by atoms with Crippen molar-refractivity contribution in [2.75, 3.05) is 0 Å². The van der Waals surface area contributed by atoms with E-state index in [-0.39, 0.29) is 6.04 Å². The third-order valence-electron chi connectivity index (χ3n) is 4.42. The van der Waals surface area contributed by atoms with Crippen LogP contribution in [0.5, 0.6) is 0 Å². The summed E-state index contributed by atoms with van der Waals surface area (Å²) in [6.45, 7) is 0. The third kappa shape index (κ3) is 2.44. The molecule has 0 amide bonds. The van der Waals surface area contributed by atoms with Crippen LogP contribution in [-0.4, -0.2) is 0 Å². The van der Waals surface area contributed by atoms with Crippen molar-refractivity contribution in [1.82, 2.24) is 0 Å². The predicted molar refractivity (Wildman–Crippen MR) is 93.4 cm³/mol. The van der Waals surface area contributed by atoms with Gasteiger partial charge in [0.05, 0.1) is 6.04 Å². The van der Waals surface area contributed by atoms with E-state index in [4.69, 9.17) is 5.73 Å². The summed E-state index contributed by atoms with van der Waals surface area (Å²) < 4.78 is 1.33. The normalized spacial score (nSPS) is 16.6. The van der Waals surface area contributed by atoms with E-state index in [9.17, 15) is 0 Å². The summed E-state index contributed by atoms with van der Waals surface area (Å²) in [4.78, 5) is 2.92. The van der Waals surface area contributed by atoms with Crippen LogP contribution in [0.15, 0.2) is 35.7 Å². The summed E-state index contributed by atoms with van der Waals surface area (Å²) in [5.41, 5.74) is 9.44. The average Bonchev–Trinajstić information content (AvgIpc) is 3.05. The van der Waals surface area contributed by atoms with E-state index in [0.717, 1.165) is 0 Å². The van der Waals surface area contributed by atoms with Gasteiger partial charge in [-0.15, -0.1) is 22.7 Å². The number of hydrogen-bond acceptors (Lipinski definition) is 3. The van der Waals surface area contributed by atoms with Crippen LogP contribution in [0.25, 0.3) is 10.1 Å². The SMILES string of the molecule is NC(c1cc2c(s1)CCCCC2)c1csc2ccccc12. The van der Waals surface area contributed by atoms with Gasteiger partial charge in [0.2, 0.25) is 0 Å². The van der Waals surface area contributed by atoms with Gasteiger partial charge >= 0.3 is 0 Å². The molecule has 108 valence electrons. The number of aryl methyl sites for hydroxylation is 2. The lowest BCUT2D eigenvalue weighted by atomic mass is 10.0. The van der Waals surface area contributed by atoms with Crippen molar-refractivity contribution >= 4 is 32.8 Å². The number of fused-ring (bicyclic) bond motifs is 2. The van der Waals surface area contributed by atoms with E-state index < -0.39 is 0 Å². The van der Waals surface area contributed by atoms with Crippen LogP contribution in [0.1, 0.15) is 46.2 Å². The second-order valence-electron chi connectivity index (χ2n) is 5.82. The zero-order valence-electron chi connectivity index (χ0n) is 12.0. The molecule has 2 aromatic heterocycles. The zero-order chi connectivity index (χ0) is 14.2. The minimum atomic E-state index is 0.0260. The lowest BCUT2D eigenvalue weighted by Gasteiger charge is -2.08. The summed E-state index contributed by atoms with van der Waals surface area (Å²) in [5.74, 6) is 0. The highest BCUT2D eigenvalue weighted by Crippen LogP contribution is 2.37. The Labute approximate surface area is 133 Å². The maximum Gasteiger partial charge on any atom is 0.0660 e. The quantitative estimate of drug-likeness (QED) is 0.640. The standard InChI is InChI=1S/C18H19NS2/c19-18(14-11-20-16-9-5-4-7-13(14)16)17-10-12-6-2-1-3-8-15(12)21-17/h4-5,7,9-11,18H,1-3,6,8,19H2. The molecule has 0 saturated heterocycles.